The summed E-state index contributed by atoms with van der Waals surface area (Å²) in [6.07, 6.45) is 0. The third kappa shape index (κ3) is 5.28. The molecule has 0 heterocycles. The first-order valence-corrected chi connectivity index (χ1v) is 8.94. The first kappa shape index (κ1) is 18.4. The van der Waals surface area contributed by atoms with E-state index in [1.165, 1.54) is 0 Å². The SMILES string of the molecule is O=C(COC(=O)c1ccc(I)cc1)Oc1ccc(S(=O)(=O)[O-])cc1. The Morgan fingerprint density at radius 1 is 1.00 bits per heavy atom. The number of ether oxygens (including phenoxy) is 2. The molecule has 0 aromatic heterocycles. The van der Waals surface area contributed by atoms with E-state index in [0.717, 1.165) is 27.8 Å². The quantitative estimate of drug-likeness (QED) is 0.290. The molecule has 24 heavy (non-hydrogen) atoms. The van der Waals surface area contributed by atoms with Crippen LogP contribution in [0.2, 0.25) is 0 Å². The van der Waals surface area contributed by atoms with Crippen LogP contribution in [0.3, 0.4) is 0 Å². The van der Waals surface area contributed by atoms with Gasteiger partial charge < -0.3 is 14.0 Å². The number of rotatable bonds is 5. The molecule has 0 N–H and O–H groups in total. The van der Waals surface area contributed by atoms with Gasteiger partial charge in [-0.3, -0.25) is 0 Å². The van der Waals surface area contributed by atoms with Crippen LogP contribution in [0.15, 0.2) is 53.4 Å². The van der Waals surface area contributed by atoms with Gasteiger partial charge in [0, 0.05) is 3.57 Å². The molecule has 0 bridgehead atoms. The maximum absolute atomic E-state index is 11.7. The maximum Gasteiger partial charge on any atom is 0.349 e. The summed E-state index contributed by atoms with van der Waals surface area (Å²) in [7, 11) is -4.56. The fourth-order valence-corrected chi connectivity index (χ4v) is 2.46. The van der Waals surface area contributed by atoms with Gasteiger partial charge in [0.1, 0.15) is 15.9 Å². The van der Waals surface area contributed by atoms with Crippen molar-refractivity contribution in [2.24, 2.45) is 0 Å². The Balaban J connectivity index is 1.89. The molecule has 0 fully saturated rings. The normalized spacial score (nSPS) is 10.9. The van der Waals surface area contributed by atoms with Crippen molar-refractivity contribution in [3.8, 4) is 5.75 Å². The fourth-order valence-electron chi connectivity index (χ4n) is 1.63. The molecule has 0 atom stereocenters. The number of carbonyl (C=O) groups excluding carboxylic acids is 2. The van der Waals surface area contributed by atoms with Crippen LogP contribution in [0.4, 0.5) is 0 Å². The zero-order valence-electron chi connectivity index (χ0n) is 12.0. The Morgan fingerprint density at radius 2 is 1.58 bits per heavy atom. The molecule has 7 nitrogen and oxygen atoms in total. The number of carbonyl (C=O) groups is 2. The molecule has 0 radical (unpaired) electrons. The third-order valence-corrected chi connectivity index (χ3v) is 4.31. The van der Waals surface area contributed by atoms with Gasteiger partial charge in [-0.15, -0.1) is 0 Å². The lowest BCUT2D eigenvalue weighted by molar-refractivity contribution is -0.137. The Labute approximate surface area is 151 Å². The molecule has 0 saturated heterocycles. The summed E-state index contributed by atoms with van der Waals surface area (Å²) in [5.74, 6) is -1.49. The second-order valence-electron chi connectivity index (χ2n) is 4.48. The second-order valence-corrected chi connectivity index (χ2v) is 7.11. The highest BCUT2D eigenvalue weighted by atomic mass is 127. The monoisotopic (exact) mass is 461 g/mol. The number of benzene rings is 2. The molecule has 0 saturated carbocycles. The number of hydrogen-bond acceptors (Lipinski definition) is 7. The predicted molar refractivity (Wildman–Crippen MR) is 89.5 cm³/mol. The van der Waals surface area contributed by atoms with Crippen LogP contribution in [0, 0.1) is 3.57 Å². The van der Waals surface area contributed by atoms with Crippen LogP contribution in [-0.2, 0) is 19.6 Å². The van der Waals surface area contributed by atoms with Crippen LogP contribution in [-0.4, -0.2) is 31.5 Å². The van der Waals surface area contributed by atoms with Gasteiger partial charge in [0.15, 0.2) is 6.61 Å². The van der Waals surface area contributed by atoms with Crippen LogP contribution < -0.4 is 4.74 Å². The summed E-state index contributed by atoms with van der Waals surface area (Å²) >= 11 is 2.09. The summed E-state index contributed by atoms with van der Waals surface area (Å²) in [6.45, 7) is -0.605. The van der Waals surface area contributed by atoms with E-state index in [4.69, 9.17) is 9.47 Å². The highest BCUT2D eigenvalue weighted by Gasteiger charge is 2.12. The minimum Gasteiger partial charge on any atom is -0.744 e. The smallest absolute Gasteiger partial charge is 0.349 e. The fraction of sp³-hybridized carbons (Fsp3) is 0.0667. The average Bonchev–Trinajstić information content (AvgIpc) is 2.53. The van der Waals surface area contributed by atoms with Gasteiger partial charge in [0.25, 0.3) is 0 Å². The third-order valence-electron chi connectivity index (χ3n) is 2.75. The van der Waals surface area contributed by atoms with E-state index in [9.17, 15) is 22.6 Å². The van der Waals surface area contributed by atoms with Crippen molar-refractivity contribution in [1.29, 1.82) is 0 Å². The molecule has 0 aliphatic rings. The standard InChI is InChI=1S/C15H11IO7S/c16-11-3-1-10(2-4-11)15(18)22-9-14(17)23-12-5-7-13(8-6-12)24(19,20)21/h1-8H,9H2,(H,19,20,21)/p-1. The Morgan fingerprint density at radius 3 is 2.12 bits per heavy atom. The lowest BCUT2D eigenvalue weighted by atomic mass is 10.2. The molecule has 0 unspecified atom stereocenters. The van der Waals surface area contributed by atoms with E-state index < -0.39 is 33.6 Å². The average molecular weight is 461 g/mol. The number of halogens is 1. The molecule has 2 aromatic carbocycles. The summed E-state index contributed by atoms with van der Waals surface area (Å²) in [4.78, 5) is 22.9. The van der Waals surface area contributed by atoms with Gasteiger partial charge in [0.05, 0.1) is 10.5 Å². The van der Waals surface area contributed by atoms with Gasteiger partial charge in [0.2, 0.25) is 0 Å². The van der Waals surface area contributed by atoms with Gasteiger partial charge in [-0.25, -0.2) is 18.0 Å². The Hall–Kier alpha value is -1.98. The zero-order valence-corrected chi connectivity index (χ0v) is 14.9. The van der Waals surface area contributed by atoms with E-state index in [1.54, 1.807) is 24.3 Å². The molecule has 0 aliphatic heterocycles. The first-order chi connectivity index (χ1) is 11.3. The van der Waals surface area contributed by atoms with Gasteiger partial charge in [-0.05, 0) is 71.1 Å². The molecule has 9 heteroatoms. The second kappa shape index (κ2) is 7.73. The molecule has 2 aromatic rings. The van der Waals surface area contributed by atoms with Gasteiger partial charge >= 0.3 is 11.9 Å². The lowest BCUT2D eigenvalue weighted by Crippen LogP contribution is -2.18. The molecular weight excluding hydrogens is 451 g/mol. The van der Waals surface area contributed by atoms with E-state index in [2.05, 4.69) is 22.6 Å². The van der Waals surface area contributed by atoms with Crippen molar-refractivity contribution < 1.29 is 32.0 Å². The minimum atomic E-state index is -4.56. The topological polar surface area (TPSA) is 110 Å². The molecular formula is C15H10IO7S-. The minimum absolute atomic E-state index is 0.0257. The number of esters is 2. The predicted octanol–water partition coefficient (Wildman–Crippen LogP) is 1.96. The van der Waals surface area contributed by atoms with E-state index in [0.29, 0.717) is 5.56 Å². The Bertz CT molecular complexity index is 842. The first-order valence-electron chi connectivity index (χ1n) is 6.45. The van der Waals surface area contributed by atoms with Crippen LogP contribution in [0.25, 0.3) is 0 Å². The summed E-state index contributed by atoms with van der Waals surface area (Å²) in [5.41, 5.74) is 0.299. The van der Waals surface area contributed by atoms with Gasteiger partial charge in [-0.1, -0.05) is 0 Å². The molecule has 2 rings (SSSR count). The molecule has 0 aliphatic carbocycles. The van der Waals surface area contributed by atoms with E-state index in [1.807, 2.05) is 0 Å². The van der Waals surface area contributed by atoms with Crippen molar-refractivity contribution in [3.63, 3.8) is 0 Å². The number of hydrogen-bond donors (Lipinski definition) is 0. The maximum atomic E-state index is 11.7. The highest BCUT2D eigenvalue weighted by molar-refractivity contribution is 14.1. The zero-order chi connectivity index (χ0) is 17.7. The van der Waals surface area contributed by atoms with Gasteiger partial charge in [-0.2, -0.15) is 0 Å². The van der Waals surface area contributed by atoms with Crippen molar-refractivity contribution in [2.75, 3.05) is 6.61 Å². The van der Waals surface area contributed by atoms with E-state index >= 15 is 0 Å². The molecule has 0 amide bonds. The largest absolute Gasteiger partial charge is 0.744 e. The van der Waals surface area contributed by atoms with Crippen molar-refractivity contribution in [1.82, 2.24) is 0 Å². The summed E-state index contributed by atoms with van der Waals surface area (Å²) < 4.78 is 43.0. The van der Waals surface area contributed by atoms with Crippen LogP contribution in [0.1, 0.15) is 10.4 Å². The van der Waals surface area contributed by atoms with Crippen molar-refractivity contribution in [2.45, 2.75) is 4.90 Å². The summed E-state index contributed by atoms with van der Waals surface area (Å²) in [6, 6.07) is 10.9. The van der Waals surface area contributed by atoms with Crippen LogP contribution >= 0.6 is 22.6 Å². The highest BCUT2D eigenvalue weighted by Crippen LogP contribution is 2.16. The van der Waals surface area contributed by atoms with Crippen molar-refractivity contribution in [3.05, 3.63) is 57.7 Å². The Kier molecular flexibility index (Phi) is 5.91. The van der Waals surface area contributed by atoms with E-state index in [-0.39, 0.29) is 5.75 Å². The molecule has 0 spiro atoms. The summed E-state index contributed by atoms with van der Waals surface area (Å²) in [5, 5.41) is 0. The molecule has 126 valence electrons. The van der Waals surface area contributed by atoms with Crippen molar-refractivity contribution >= 4 is 44.6 Å². The van der Waals surface area contributed by atoms with Crippen LogP contribution in [0.5, 0.6) is 5.75 Å². The lowest BCUT2D eigenvalue weighted by Gasteiger charge is -2.08.